The Bertz CT molecular complexity index is 753. The van der Waals surface area contributed by atoms with Crippen LogP contribution in [0.2, 0.25) is 0 Å². The lowest BCUT2D eigenvalue weighted by atomic mass is 10.1. The van der Waals surface area contributed by atoms with E-state index in [1.807, 2.05) is 44.2 Å². The number of hydrogen-bond donors (Lipinski definition) is 1. The molecule has 1 N–H and O–H groups in total. The molecule has 8 nitrogen and oxygen atoms in total. The van der Waals surface area contributed by atoms with Crippen molar-refractivity contribution in [2.24, 2.45) is 0 Å². The Morgan fingerprint density at radius 2 is 1.76 bits per heavy atom. The zero-order valence-corrected chi connectivity index (χ0v) is 18.7. The number of rotatable bonds is 12. The van der Waals surface area contributed by atoms with Gasteiger partial charge in [-0.3, -0.25) is 9.59 Å². The largest absolute Gasteiger partial charge is 0.379 e. The molecular weight excluding hydrogens is 394 g/mol. The molecule has 0 spiro atoms. The van der Waals surface area contributed by atoms with E-state index in [4.69, 9.17) is 4.74 Å². The van der Waals surface area contributed by atoms with Crippen molar-refractivity contribution in [3.05, 3.63) is 35.9 Å². The average molecular weight is 428 g/mol. The fourth-order valence-corrected chi connectivity index (χ4v) is 2.86. The minimum atomic E-state index is -3.51. The van der Waals surface area contributed by atoms with E-state index in [1.54, 1.807) is 6.92 Å². The Morgan fingerprint density at radius 3 is 2.31 bits per heavy atom. The van der Waals surface area contributed by atoms with Crippen LogP contribution in [0, 0.1) is 0 Å². The molecule has 0 aromatic heterocycles. The zero-order valence-electron chi connectivity index (χ0n) is 17.9. The second kappa shape index (κ2) is 11.9. The van der Waals surface area contributed by atoms with Crippen molar-refractivity contribution in [3.63, 3.8) is 0 Å². The molecule has 0 saturated carbocycles. The number of ether oxygens (including phenoxy) is 1. The molecule has 0 aliphatic rings. The normalized spacial score (nSPS) is 12.8. The molecule has 0 heterocycles. The van der Waals surface area contributed by atoms with Crippen LogP contribution in [0.4, 0.5) is 0 Å². The number of benzene rings is 1. The van der Waals surface area contributed by atoms with Gasteiger partial charge in [0.1, 0.15) is 6.04 Å². The summed E-state index contributed by atoms with van der Waals surface area (Å²) >= 11 is 0. The summed E-state index contributed by atoms with van der Waals surface area (Å²) in [4.78, 5) is 26.8. The predicted molar refractivity (Wildman–Crippen MR) is 113 cm³/mol. The molecule has 1 rings (SSSR count). The highest BCUT2D eigenvalue weighted by molar-refractivity contribution is 7.88. The molecular formula is C20H33N3O5S. The van der Waals surface area contributed by atoms with Gasteiger partial charge in [-0.2, -0.15) is 4.31 Å². The van der Waals surface area contributed by atoms with Crippen LogP contribution in [-0.4, -0.2) is 74.6 Å². The fraction of sp³-hybridized carbons (Fsp3) is 0.600. The highest BCUT2D eigenvalue weighted by Crippen LogP contribution is 2.11. The molecule has 29 heavy (non-hydrogen) atoms. The average Bonchev–Trinajstić information content (AvgIpc) is 2.64. The number of nitrogens with one attached hydrogen (secondary N) is 1. The monoisotopic (exact) mass is 427 g/mol. The first-order valence-electron chi connectivity index (χ1n) is 9.66. The van der Waals surface area contributed by atoms with Gasteiger partial charge in [-0.15, -0.1) is 0 Å². The van der Waals surface area contributed by atoms with Crippen LogP contribution in [0.25, 0.3) is 0 Å². The maximum atomic E-state index is 12.8. The molecule has 0 fully saturated rings. The van der Waals surface area contributed by atoms with Gasteiger partial charge >= 0.3 is 0 Å². The Labute approximate surface area is 174 Å². The van der Waals surface area contributed by atoms with Crippen LogP contribution in [-0.2, 0) is 30.9 Å². The van der Waals surface area contributed by atoms with Gasteiger partial charge in [0.2, 0.25) is 21.8 Å². The Morgan fingerprint density at radius 1 is 1.14 bits per heavy atom. The van der Waals surface area contributed by atoms with Crippen LogP contribution in [0.15, 0.2) is 30.3 Å². The first-order chi connectivity index (χ1) is 13.5. The molecule has 0 bridgehead atoms. The molecule has 1 atom stereocenters. The second-order valence-electron chi connectivity index (χ2n) is 7.27. The second-order valence-corrected chi connectivity index (χ2v) is 9.36. The van der Waals surface area contributed by atoms with Crippen molar-refractivity contribution in [1.82, 2.24) is 14.5 Å². The molecule has 164 valence electrons. The van der Waals surface area contributed by atoms with Crippen molar-refractivity contribution in [3.8, 4) is 0 Å². The van der Waals surface area contributed by atoms with Crippen LogP contribution in [0.1, 0.15) is 32.8 Å². The third-order valence-corrected chi connectivity index (χ3v) is 5.62. The fourth-order valence-electron chi connectivity index (χ4n) is 2.51. The van der Waals surface area contributed by atoms with Gasteiger partial charge < -0.3 is 15.0 Å². The third kappa shape index (κ3) is 9.38. The van der Waals surface area contributed by atoms with E-state index >= 15 is 0 Å². The van der Waals surface area contributed by atoms with E-state index in [2.05, 4.69) is 5.32 Å². The summed E-state index contributed by atoms with van der Waals surface area (Å²) in [6, 6.07) is 8.52. The first kappa shape index (κ1) is 25.1. The molecule has 1 aromatic rings. The SMILES string of the molecule is CC(C)OCCCNC(=O)[C@H](C)N(Cc1ccccc1)C(=O)CN(C)S(C)(=O)=O. The number of hydrogen-bond acceptors (Lipinski definition) is 5. The summed E-state index contributed by atoms with van der Waals surface area (Å²) in [5.41, 5.74) is 0.854. The van der Waals surface area contributed by atoms with Gasteiger partial charge in [0.25, 0.3) is 0 Å². The van der Waals surface area contributed by atoms with E-state index in [-0.39, 0.29) is 25.1 Å². The molecule has 0 aliphatic carbocycles. The van der Waals surface area contributed by atoms with Crippen molar-refractivity contribution < 1.29 is 22.7 Å². The Hall–Kier alpha value is -1.97. The summed E-state index contributed by atoms with van der Waals surface area (Å²) in [5.74, 6) is -0.728. The van der Waals surface area contributed by atoms with Crippen LogP contribution in [0.3, 0.4) is 0 Å². The molecule has 0 unspecified atom stereocenters. The third-order valence-electron chi connectivity index (χ3n) is 4.36. The quantitative estimate of drug-likeness (QED) is 0.506. The van der Waals surface area contributed by atoms with E-state index in [0.717, 1.165) is 16.1 Å². The van der Waals surface area contributed by atoms with Crippen molar-refractivity contribution >= 4 is 21.8 Å². The van der Waals surface area contributed by atoms with Crippen molar-refractivity contribution in [1.29, 1.82) is 0 Å². The topological polar surface area (TPSA) is 96.0 Å². The van der Waals surface area contributed by atoms with Gasteiger partial charge in [0.05, 0.1) is 18.9 Å². The predicted octanol–water partition coefficient (Wildman–Crippen LogP) is 1.23. The Kier molecular flexibility index (Phi) is 10.3. The maximum absolute atomic E-state index is 12.8. The molecule has 2 amide bonds. The van der Waals surface area contributed by atoms with Crippen LogP contribution < -0.4 is 5.32 Å². The molecule has 9 heteroatoms. The van der Waals surface area contributed by atoms with Gasteiger partial charge in [0, 0.05) is 26.7 Å². The minimum Gasteiger partial charge on any atom is -0.379 e. The number of amides is 2. The highest BCUT2D eigenvalue weighted by Gasteiger charge is 2.28. The molecule has 0 aliphatic heterocycles. The summed E-state index contributed by atoms with van der Waals surface area (Å²) in [5, 5.41) is 2.82. The molecule has 1 aromatic carbocycles. The molecule has 0 radical (unpaired) electrons. The van der Waals surface area contributed by atoms with E-state index in [1.165, 1.54) is 11.9 Å². The number of likely N-dealkylation sites (N-methyl/N-ethyl adjacent to an activating group) is 1. The van der Waals surface area contributed by atoms with E-state index in [0.29, 0.717) is 19.6 Å². The number of carbonyl (C=O) groups is 2. The maximum Gasteiger partial charge on any atom is 0.242 e. The van der Waals surface area contributed by atoms with Crippen molar-refractivity contribution in [2.45, 2.75) is 45.9 Å². The van der Waals surface area contributed by atoms with Gasteiger partial charge in [-0.05, 0) is 32.8 Å². The smallest absolute Gasteiger partial charge is 0.242 e. The van der Waals surface area contributed by atoms with Gasteiger partial charge in [-0.1, -0.05) is 30.3 Å². The van der Waals surface area contributed by atoms with Crippen molar-refractivity contribution in [2.75, 3.05) is 33.0 Å². The lowest BCUT2D eigenvalue weighted by molar-refractivity contribution is -0.140. The minimum absolute atomic E-state index is 0.135. The van der Waals surface area contributed by atoms with Gasteiger partial charge in [-0.25, -0.2) is 8.42 Å². The summed E-state index contributed by atoms with van der Waals surface area (Å²) in [6.07, 6.45) is 1.84. The first-order valence-corrected chi connectivity index (χ1v) is 11.5. The summed E-state index contributed by atoms with van der Waals surface area (Å²) < 4.78 is 29.8. The number of nitrogens with zero attached hydrogens (tertiary/aromatic N) is 2. The standard InChI is InChI=1S/C20H33N3O5S/c1-16(2)28-13-9-12-21-20(25)17(3)23(14-18-10-7-6-8-11-18)19(24)15-22(4)29(5,26)27/h6-8,10-11,16-17H,9,12-15H2,1-5H3,(H,21,25)/t17-/m0/s1. The number of sulfonamides is 1. The molecule has 0 saturated heterocycles. The summed E-state index contributed by atoms with van der Waals surface area (Å²) in [7, 11) is -2.17. The lowest BCUT2D eigenvalue weighted by Gasteiger charge is -2.30. The van der Waals surface area contributed by atoms with E-state index in [9.17, 15) is 18.0 Å². The summed E-state index contributed by atoms with van der Waals surface area (Å²) in [6.45, 7) is 6.39. The lowest BCUT2D eigenvalue weighted by Crippen LogP contribution is -2.50. The van der Waals surface area contributed by atoms with E-state index < -0.39 is 22.0 Å². The Balaban J connectivity index is 2.80. The highest BCUT2D eigenvalue weighted by atomic mass is 32.2. The zero-order chi connectivity index (χ0) is 22.0. The van der Waals surface area contributed by atoms with Crippen LogP contribution in [0.5, 0.6) is 0 Å². The van der Waals surface area contributed by atoms with Crippen LogP contribution >= 0.6 is 0 Å². The van der Waals surface area contributed by atoms with Gasteiger partial charge in [0.15, 0.2) is 0 Å². The number of carbonyl (C=O) groups excluding carboxylic acids is 2.